The van der Waals surface area contributed by atoms with Crippen LogP contribution in [-0.4, -0.2) is 42.2 Å². The van der Waals surface area contributed by atoms with Gasteiger partial charge in [-0.3, -0.25) is 9.59 Å². The Labute approximate surface area is 165 Å². The number of furan rings is 1. The minimum Gasteiger partial charge on any atom is -0.464 e. The fourth-order valence-corrected chi connectivity index (χ4v) is 3.97. The molecule has 2 amide bonds. The van der Waals surface area contributed by atoms with Crippen LogP contribution in [0.3, 0.4) is 0 Å². The molecule has 1 saturated heterocycles. The molecule has 0 radical (unpaired) electrons. The van der Waals surface area contributed by atoms with Gasteiger partial charge in [0.05, 0.1) is 12.7 Å². The first-order chi connectivity index (χ1) is 12.9. The predicted octanol–water partition coefficient (Wildman–Crippen LogP) is 3.60. The number of nitrogens with zero attached hydrogens (tertiary/aromatic N) is 1. The summed E-state index contributed by atoms with van der Waals surface area (Å²) in [7, 11) is 0. The van der Waals surface area contributed by atoms with Crippen LogP contribution in [0.15, 0.2) is 34.9 Å². The van der Waals surface area contributed by atoms with Crippen molar-refractivity contribution >= 4 is 34.4 Å². The molecule has 27 heavy (non-hydrogen) atoms. The lowest BCUT2D eigenvalue weighted by Gasteiger charge is -2.40. The van der Waals surface area contributed by atoms with Crippen LogP contribution in [0.25, 0.3) is 11.0 Å². The second kappa shape index (κ2) is 8.34. The quantitative estimate of drug-likeness (QED) is 0.766. The van der Waals surface area contributed by atoms with Gasteiger partial charge in [-0.05, 0) is 30.2 Å². The molecular weight excluding hydrogens is 364 g/mol. The summed E-state index contributed by atoms with van der Waals surface area (Å²) in [4.78, 5) is 26.1. The number of para-hydroxylation sites is 1. The molecule has 1 aliphatic rings. The van der Waals surface area contributed by atoms with Gasteiger partial charge >= 0.3 is 0 Å². The minimum atomic E-state index is -0.135. The van der Waals surface area contributed by atoms with Gasteiger partial charge in [-0.1, -0.05) is 32.0 Å². The number of hydrogen-bond donors (Lipinski definition) is 1. The van der Waals surface area contributed by atoms with Crippen molar-refractivity contribution in [3.63, 3.8) is 0 Å². The maximum atomic E-state index is 12.7. The predicted molar refractivity (Wildman–Crippen MR) is 107 cm³/mol. The standard InChI is InChI=1S/C21H27ClN2O3/c1-21(2,14-23-19(25)12-22)16-7-9-24(10-8-16)20(26)11-15-13-27-18-6-4-3-5-17(15)18/h3-6,13,16H,7-12,14H2,1-2H3,(H,23,25). The zero-order valence-corrected chi connectivity index (χ0v) is 16.7. The van der Waals surface area contributed by atoms with Gasteiger partial charge in [0, 0.05) is 30.6 Å². The summed E-state index contributed by atoms with van der Waals surface area (Å²) in [5.41, 5.74) is 1.75. The average molecular weight is 391 g/mol. The number of carbonyl (C=O) groups excluding carboxylic acids is 2. The maximum absolute atomic E-state index is 12.7. The van der Waals surface area contributed by atoms with Crippen LogP contribution in [-0.2, 0) is 16.0 Å². The first-order valence-electron chi connectivity index (χ1n) is 9.46. The zero-order chi connectivity index (χ0) is 19.4. The Morgan fingerprint density at radius 1 is 1.26 bits per heavy atom. The van der Waals surface area contributed by atoms with Gasteiger partial charge in [0.1, 0.15) is 11.5 Å². The third kappa shape index (κ3) is 4.64. The van der Waals surface area contributed by atoms with Crippen molar-refractivity contribution in [1.29, 1.82) is 0 Å². The van der Waals surface area contributed by atoms with Gasteiger partial charge in [0.15, 0.2) is 0 Å². The first-order valence-corrected chi connectivity index (χ1v) is 9.99. The van der Waals surface area contributed by atoms with E-state index >= 15 is 0 Å². The lowest BCUT2D eigenvalue weighted by atomic mass is 9.73. The molecule has 1 aromatic heterocycles. The molecule has 0 atom stereocenters. The van der Waals surface area contributed by atoms with Gasteiger partial charge in [0.2, 0.25) is 11.8 Å². The molecule has 1 aromatic carbocycles. The van der Waals surface area contributed by atoms with E-state index in [4.69, 9.17) is 16.0 Å². The fraction of sp³-hybridized carbons (Fsp3) is 0.524. The lowest BCUT2D eigenvalue weighted by molar-refractivity contribution is -0.132. The van der Waals surface area contributed by atoms with Crippen molar-refractivity contribution in [1.82, 2.24) is 10.2 Å². The van der Waals surface area contributed by atoms with E-state index in [1.165, 1.54) is 0 Å². The monoisotopic (exact) mass is 390 g/mol. The number of carbonyl (C=O) groups is 2. The van der Waals surface area contributed by atoms with Gasteiger partial charge < -0.3 is 14.6 Å². The molecule has 146 valence electrons. The van der Waals surface area contributed by atoms with E-state index in [1.807, 2.05) is 29.2 Å². The largest absolute Gasteiger partial charge is 0.464 e. The molecule has 3 rings (SSSR count). The number of piperidine rings is 1. The van der Waals surface area contributed by atoms with Crippen molar-refractivity contribution < 1.29 is 14.0 Å². The lowest BCUT2D eigenvalue weighted by Crippen LogP contribution is -2.46. The van der Waals surface area contributed by atoms with Gasteiger partial charge in [-0.15, -0.1) is 11.6 Å². The van der Waals surface area contributed by atoms with E-state index in [0.717, 1.165) is 42.5 Å². The molecule has 0 bridgehead atoms. The molecule has 0 aliphatic carbocycles. The number of alkyl halides is 1. The number of fused-ring (bicyclic) bond motifs is 1. The van der Waals surface area contributed by atoms with Crippen molar-refractivity contribution in [2.24, 2.45) is 11.3 Å². The summed E-state index contributed by atoms with van der Waals surface area (Å²) in [6, 6.07) is 7.80. The number of nitrogens with one attached hydrogen (secondary N) is 1. The Morgan fingerprint density at radius 3 is 2.67 bits per heavy atom. The van der Waals surface area contributed by atoms with Crippen molar-refractivity contribution in [2.45, 2.75) is 33.1 Å². The minimum absolute atomic E-state index is 0.00821. The van der Waals surface area contributed by atoms with Crippen LogP contribution >= 0.6 is 11.6 Å². The highest BCUT2D eigenvalue weighted by molar-refractivity contribution is 6.27. The molecular formula is C21H27ClN2O3. The van der Waals surface area contributed by atoms with Crippen LogP contribution < -0.4 is 5.32 Å². The van der Waals surface area contributed by atoms with Crippen LogP contribution in [0.5, 0.6) is 0 Å². The maximum Gasteiger partial charge on any atom is 0.234 e. The van der Waals surface area contributed by atoms with Crippen molar-refractivity contribution in [2.75, 3.05) is 25.5 Å². The average Bonchev–Trinajstić information content (AvgIpc) is 3.09. The van der Waals surface area contributed by atoms with E-state index in [9.17, 15) is 9.59 Å². The molecule has 5 nitrogen and oxygen atoms in total. The zero-order valence-electron chi connectivity index (χ0n) is 16.0. The fourth-order valence-electron chi connectivity index (χ4n) is 3.87. The van der Waals surface area contributed by atoms with Crippen LogP contribution in [0.2, 0.25) is 0 Å². The summed E-state index contributed by atoms with van der Waals surface area (Å²) in [5, 5.41) is 3.90. The van der Waals surface area contributed by atoms with E-state index in [2.05, 4.69) is 19.2 Å². The van der Waals surface area contributed by atoms with E-state index in [1.54, 1.807) is 6.26 Å². The normalized spacial score (nSPS) is 15.9. The molecule has 0 spiro atoms. The summed E-state index contributed by atoms with van der Waals surface area (Å²) >= 11 is 5.55. The summed E-state index contributed by atoms with van der Waals surface area (Å²) < 4.78 is 5.54. The molecule has 6 heteroatoms. The Bertz CT molecular complexity index is 807. The van der Waals surface area contributed by atoms with Gasteiger partial charge in [-0.2, -0.15) is 0 Å². The molecule has 1 N–H and O–H groups in total. The molecule has 2 aromatic rings. The van der Waals surface area contributed by atoms with Crippen LogP contribution in [0.1, 0.15) is 32.3 Å². The number of likely N-dealkylation sites (tertiary alicyclic amines) is 1. The Kier molecular flexibility index (Phi) is 6.10. The third-order valence-corrected chi connectivity index (χ3v) is 5.96. The molecule has 0 unspecified atom stereocenters. The topological polar surface area (TPSA) is 62.6 Å². The molecule has 0 saturated carbocycles. The van der Waals surface area contributed by atoms with Gasteiger partial charge in [-0.25, -0.2) is 0 Å². The summed E-state index contributed by atoms with van der Waals surface area (Å²) in [6.45, 7) is 6.46. The van der Waals surface area contributed by atoms with E-state index in [0.29, 0.717) is 18.9 Å². The highest BCUT2D eigenvalue weighted by Crippen LogP contribution is 2.34. The Hall–Kier alpha value is -2.01. The first kappa shape index (κ1) is 19.7. The third-order valence-electron chi connectivity index (χ3n) is 5.72. The number of amides is 2. The molecule has 1 fully saturated rings. The smallest absolute Gasteiger partial charge is 0.234 e. The Morgan fingerprint density at radius 2 is 1.96 bits per heavy atom. The second-order valence-electron chi connectivity index (χ2n) is 7.99. The second-order valence-corrected chi connectivity index (χ2v) is 8.26. The highest BCUT2D eigenvalue weighted by Gasteiger charge is 2.34. The highest BCUT2D eigenvalue weighted by atomic mass is 35.5. The summed E-state index contributed by atoms with van der Waals surface area (Å²) in [6.07, 6.45) is 3.96. The summed E-state index contributed by atoms with van der Waals surface area (Å²) in [5.74, 6) is 0.469. The van der Waals surface area contributed by atoms with Crippen LogP contribution in [0.4, 0.5) is 0 Å². The number of benzene rings is 1. The van der Waals surface area contributed by atoms with E-state index in [-0.39, 0.29) is 23.1 Å². The van der Waals surface area contributed by atoms with Crippen molar-refractivity contribution in [3.8, 4) is 0 Å². The number of halogens is 1. The molecule has 2 heterocycles. The van der Waals surface area contributed by atoms with Gasteiger partial charge in [0.25, 0.3) is 0 Å². The molecule has 1 aliphatic heterocycles. The number of rotatable bonds is 6. The SMILES string of the molecule is CC(C)(CNC(=O)CCl)C1CCN(C(=O)Cc2coc3ccccc23)CC1. The van der Waals surface area contributed by atoms with E-state index < -0.39 is 0 Å². The van der Waals surface area contributed by atoms with Crippen LogP contribution in [0, 0.1) is 11.3 Å². The Balaban J connectivity index is 1.54. The van der Waals surface area contributed by atoms with Crippen molar-refractivity contribution in [3.05, 3.63) is 36.1 Å². The number of hydrogen-bond acceptors (Lipinski definition) is 3.